The van der Waals surface area contributed by atoms with Gasteiger partial charge >= 0.3 is 0 Å². The van der Waals surface area contributed by atoms with Crippen molar-refractivity contribution in [1.82, 2.24) is 10.3 Å². The predicted molar refractivity (Wildman–Crippen MR) is 133 cm³/mol. The molecule has 1 aromatic carbocycles. The minimum absolute atomic E-state index is 0.0663. The molecule has 4 rings (SSSR count). The lowest BCUT2D eigenvalue weighted by atomic mass is 9.89. The SMILES string of the molecule is CC1(CNC(=O)c2cccc(NC3SC(c4ccc(C(C)(C)O)cc4F)=CC3C(N)=O)n2)COC1. The largest absolute Gasteiger partial charge is 0.386 e. The van der Waals surface area contributed by atoms with E-state index in [0.717, 1.165) is 0 Å². The van der Waals surface area contributed by atoms with Crippen LogP contribution < -0.4 is 16.4 Å². The third-order valence-electron chi connectivity index (χ3n) is 6.03. The molecule has 2 amide bonds. The van der Waals surface area contributed by atoms with Gasteiger partial charge in [0.2, 0.25) is 5.91 Å². The number of aromatic nitrogens is 1. The van der Waals surface area contributed by atoms with E-state index in [1.807, 2.05) is 6.92 Å². The number of carbonyl (C=O) groups excluding carboxylic acids is 2. The number of thioether (sulfide) groups is 1. The number of carbonyl (C=O) groups is 2. The van der Waals surface area contributed by atoms with Crippen LogP contribution in [0.1, 0.15) is 42.4 Å². The molecular weight excluding hydrogens is 471 g/mol. The first-order valence-corrected chi connectivity index (χ1v) is 12.1. The van der Waals surface area contributed by atoms with Crippen LogP contribution in [0.15, 0.2) is 42.5 Å². The lowest BCUT2D eigenvalue weighted by Crippen LogP contribution is -2.48. The normalized spacial score (nSPS) is 21.1. The van der Waals surface area contributed by atoms with E-state index in [1.54, 1.807) is 50.3 Å². The molecule has 0 aliphatic carbocycles. The zero-order chi connectivity index (χ0) is 25.4. The van der Waals surface area contributed by atoms with Gasteiger partial charge in [-0.05, 0) is 37.6 Å². The van der Waals surface area contributed by atoms with E-state index < -0.39 is 28.6 Å². The summed E-state index contributed by atoms with van der Waals surface area (Å²) < 4.78 is 20.1. The number of benzene rings is 1. The summed E-state index contributed by atoms with van der Waals surface area (Å²) in [5, 5.41) is 15.6. The van der Waals surface area contributed by atoms with Gasteiger partial charge in [0.1, 0.15) is 17.3 Å². The summed E-state index contributed by atoms with van der Waals surface area (Å²) in [6.45, 7) is 6.89. The summed E-state index contributed by atoms with van der Waals surface area (Å²) >= 11 is 1.25. The van der Waals surface area contributed by atoms with Crippen LogP contribution in [0.4, 0.5) is 10.2 Å². The molecule has 2 aliphatic rings. The fourth-order valence-electron chi connectivity index (χ4n) is 3.82. The Morgan fingerprint density at radius 2 is 2.06 bits per heavy atom. The van der Waals surface area contributed by atoms with Crippen molar-refractivity contribution in [2.24, 2.45) is 17.1 Å². The Bertz CT molecular complexity index is 1180. The fraction of sp³-hybridized carbons (Fsp3) is 0.400. The average molecular weight is 501 g/mol. The van der Waals surface area contributed by atoms with Crippen LogP contribution in [0, 0.1) is 17.2 Å². The molecule has 2 aromatic rings. The summed E-state index contributed by atoms with van der Waals surface area (Å²) in [5.74, 6) is -1.70. The van der Waals surface area contributed by atoms with Crippen molar-refractivity contribution in [3.8, 4) is 0 Å². The van der Waals surface area contributed by atoms with Crippen LogP contribution in [0.2, 0.25) is 0 Å². The number of nitrogens with one attached hydrogen (secondary N) is 2. The van der Waals surface area contributed by atoms with Gasteiger partial charge in [-0.15, -0.1) is 0 Å². The Morgan fingerprint density at radius 3 is 2.66 bits per heavy atom. The highest BCUT2D eigenvalue weighted by atomic mass is 32.2. The number of amides is 2. The number of nitrogens with zero attached hydrogens (tertiary/aromatic N) is 1. The second-order valence-corrected chi connectivity index (χ2v) is 11.0. The van der Waals surface area contributed by atoms with Crippen molar-refractivity contribution < 1.29 is 23.8 Å². The monoisotopic (exact) mass is 500 g/mol. The summed E-state index contributed by atoms with van der Waals surface area (Å²) in [6.07, 6.45) is 1.63. The highest BCUT2D eigenvalue weighted by Crippen LogP contribution is 2.43. The zero-order valence-corrected chi connectivity index (χ0v) is 20.6. The van der Waals surface area contributed by atoms with Gasteiger partial charge < -0.3 is 26.2 Å². The molecule has 186 valence electrons. The van der Waals surface area contributed by atoms with Crippen molar-refractivity contribution in [2.45, 2.75) is 31.7 Å². The number of nitrogens with two attached hydrogens (primary N) is 1. The van der Waals surface area contributed by atoms with Gasteiger partial charge in [0.15, 0.2) is 0 Å². The molecule has 0 bridgehead atoms. The van der Waals surface area contributed by atoms with Crippen molar-refractivity contribution in [3.05, 3.63) is 65.1 Å². The van der Waals surface area contributed by atoms with Crippen LogP contribution in [0.5, 0.6) is 0 Å². The van der Waals surface area contributed by atoms with Gasteiger partial charge in [-0.1, -0.05) is 43.0 Å². The van der Waals surface area contributed by atoms with E-state index in [9.17, 15) is 19.1 Å². The van der Waals surface area contributed by atoms with E-state index in [2.05, 4.69) is 15.6 Å². The van der Waals surface area contributed by atoms with Crippen molar-refractivity contribution in [1.29, 1.82) is 0 Å². The summed E-state index contributed by atoms with van der Waals surface area (Å²) in [4.78, 5) is 29.7. The number of rotatable bonds is 8. The van der Waals surface area contributed by atoms with E-state index in [1.165, 1.54) is 17.8 Å². The highest BCUT2D eigenvalue weighted by Gasteiger charge is 2.35. The second kappa shape index (κ2) is 9.60. The standard InChI is InChI=1S/C25H29FN4O4S/c1-24(2,33)14-7-8-15(17(26)9-14)19-10-16(21(27)31)23(35-19)30-20-6-4-5-18(29-20)22(32)28-11-25(3)12-34-13-25/h4-10,16,23,33H,11-13H2,1-3H3,(H2,27,31)(H,28,32)(H,29,30). The molecular formula is C25H29FN4O4S. The summed E-state index contributed by atoms with van der Waals surface area (Å²) in [6, 6.07) is 9.51. The summed E-state index contributed by atoms with van der Waals surface area (Å²) in [5.41, 5.74) is 5.37. The summed E-state index contributed by atoms with van der Waals surface area (Å²) in [7, 11) is 0. The van der Waals surface area contributed by atoms with Gasteiger partial charge in [0.05, 0.1) is 30.1 Å². The van der Waals surface area contributed by atoms with Crippen LogP contribution in [0.3, 0.4) is 0 Å². The topological polar surface area (TPSA) is 127 Å². The smallest absolute Gasteiger partial charge is 0.269 e. The van der Waals surface area contributed by atoms with Gasteiger partial charge in [0.25, 0.3) is 5.91 Å². The maximum absolute atomic E-state index is 14.9. The molecule has 5 N–H and O–H groups in total. The minimum atomic E-state index is -1.18. The molecule has 0 saturated carbocycles. The third kappa shape index (κ3) is 5.66. The third-order valence-corrected chi connectivity index (χ3v) is 7.30. The highest BCUT2D eigenvalue weighted by molar-refractivity contribution is 8.09. The van der Waals surface area contributed by atoms with Crippen molar-refractivity contribution in [2.75, 3.05) is 25.1 Å². The molecule has 1 aromatic heterocycles. The number of primary amides is 1. The first-order chi connectivity index (χ1) is 16.4. The van der Waals surface area contributed by atoms with E-state index in [0.29, 0.717) is 41.6 Å². The molecule has 0 spiro atoms. The van der Waals surface area contributed by atoms with Crippen LogP contribution in [0.25, 0.3) is 4.91 Å². The Hall–Kier alpha value is -2.95. The maximum Gasteiger partial charge on any atom is 0.269 e. The lowest BCUT2D eigenvalue weighted by Gasteiger charge is -2.37. The quantitative estimate of drug-likeness (QED) is 0.439. The minimum Gasteiger partial charge on any atom is -0.386 e. The Labute approximate surface area is 207 Å². The Balaban J connectivity index is 1.48. The van der Waals surface area contributed by atoms with Crippen LogP contribution >= 0.6 is 11.8 Å². The number of hydrogen-bond acceptors (Lipinski definition) is 7. The van der Waals surface area contributed by atoms with Crippen LogP contribution in [-0.4, -0.2) is 47.0 Å². The Kier molecular flexibility index (Phi) is 6.90. The molecule has 1 fully saturated rings. The molecule has 0 radical (unpaired) electrons. The van der Waals surface area contributed by atoms with E-state index in [4.69, 9.17) is 10.5 Å². The van der Waals surface area contributed by atoms with E-state index >= 15 is 0 Å². The second-order valence-electron chi connectivity index (χ2n) is 9.79. The number of ether oxygens (including phenoxy) is 1. The number of pyridine rings is 1. The van der Waals surface area contributed by atoms with Crippen LogP contribution in [-0.2, 0) is 15.1 Å². The molecule has 3 heterocycles. The predicted octanol–water partition coefficient (Wildman–Crippen LogP) is 2.84. The number of halogens is 1. The number of aliphatic hydroxyl groups is 1. The van der Waals surface area contributed by atoms with Crippen molar-refractivity contribution in [3.63, 3.8) is 0 Å². The lowest BCUT2D eigenvalue weighted by molar-refractivity contribution is -0.120. The molecule has 2 aliphatic heterocycles. The van der Waals surface area contributed by atoms with Gasteiger partial charge in [0, 0.05) is 22.4 Å². The first-order valence-electron chi connectivity index (χ1n) is 11.3. The zero-order valence-electron chi connectivity index (χ0n) is 19.8. The fourth-order valence-corrected chi connectivity index (χ4v) is 5.15. The molecule has 8 nitrogen and oxygen atoms in total. The molecule has 1 saturated heterocycles. The Morgan fingerprint density at radius 1 is 1.31 bits per heavy atom. The van der Waals surface area contributed by atoms with Gasteiger partial charge in [-0.2, -0.15) is 0 Å². The van der Waals surface area contributed by atoms with E-state index in [-0.39, 0.29) is 17.0 Å². The van der Waals surface area contributed by atoms with Crippen molar-refractivity contribution >= 4 is 34.3 Å². The van der Waals surface area contributed by atoms with Gasteiger partial charge in [-0.3, -0.25) is 9.59 Å². The number of hydrogen-bond donors (Lipinski definition) is 4. The van der Waals surface area contributed by atoms with Gasteiger partial charge in [-0.25, -0.2) is 9.37 Å². The molecule has 2 atom stereocenters. The first kappa shape index (κ1) is 25.2. The molecule has 35 heavy (non-hydrogen) atoms. The molecule has 10 heteroatoms. The average Bonchev–Trinajstić information content (AvgIpc) is 3.19. The maximum atomic E-state index is 14.9. The number of anilines is 1. The molecule has 2 unspecified atom stereocenters.